The van der Waals surface area contributed by atoms with Crippen molar-refractivity contribution in [2.75, 3.05) is 30.5 Å². The maximum atomic E-state index is 12.3. The third-order valence-electron chi connectivity index (χ3n) is 4.45. The number of methoxy groups -OCH3 is 1. The Balaban J connectivity index is 1.68. The fourth-order valence-electron chi connectivity index (χ4n) is 3.16. The average molecular weight is 383 g/mol. The number of nitrogens with zero attached hydrogens (tertiary/aromatic N) is 1. The van der Waals surface area contributed by atoms with E-state index in [0.717, 1.165) is 17.7 Å². The Bertz CT molecular complexity index is 941. The largest absolute Gasteiger partial charge is 0.493 e. The number of amides is 3. The highest BCUT2D eigenvalue weighted by Crippen LogP contribution is 2.32. The van der Waals surface area contributed by atoms with Gasteiger partial charge in [0.25, 0.3) is 11.8 Å². The van der Waals surface area contributed by atoms with Gasteiger partial charge < -0.3 is 25.4 Å². The van der Waals surface area contributed by atoms with E-state index >= 15 is 0 Å². The fraction of sp³-hybridized carbons (Fsp3) is 0.250. The first-order valence-corrected chi connectivity index (χ1v) is 8.71. The minimum Gasteiger partial charge on any atom is -0.493 e. The summed E-state index contributed by atoms with van der Waals surface area (Å²) < 4.78 is 10.7. The van der Waals surface area contributed by atoms with Gasteiger partial charge in [0, 0.05) is 24.8 Å². The van der Waals surface area contributed by atoms with Gasteiger partial charge in [0.1, 0.15) is 0 Å². The van der Waals surface area contributed by atoms with Crippen molar-refractivity contribution in [2.24, 2.45) is 5.73 Å². The van der Waals surface area contributed by atoms with Gasteiger partial charge in [0.15, 0.2) is 18.1 Å². The van der Waals surface area contributed by atoms with Crippen LogP contribution in [0.2, 0.25) is 0 Å². The van der Waals surface area contributed by atoms with Crippen LogP contribution in [0.5, 0.6) is 11.5 Å². The van der Waals surface area contributed by atoms with Gasteiger partial charge in [-0.25, -0.2) is 0 Å². The van der Waals surface area contributed by atoms with Crippen molar-refractivity contribution >= 4 is 29.1 Å². The van der Waals surface area contributed by atoms with Crippen molar-refractivity contribution in [3.05, 3.63) is 47.5 Å². The molecule has 1 aliphatic rings. The molecule has 0 aliphatic carbocycles. The molecule has 1 aliphatic heterocycles. The molecule has 0 fully saturated rings. The lowest BCUT2D eigenvalue weighted by molar-refractivity contribution is -0.118. The van der Waals surface area contributed by atoms with Gasteiger partial charge in [0.05, 0.1) is 12.7 Å². The monoisotopic (exact) mass is 383 g/mol. The van der Waals surface area contributed by atoms with Gasteiger partial charge in [-0.05, 0) is 42.3 Å². The first-order chi connectivity index (χ1) is 13.4. The van der Waals surface area contributed by atoms with Gasteiger partial charge in [0.2, 0.25) is 5.91 Å². The molecule has 2 aromatic rings. The number of para-hydroxylation sites is 1. The number of nitrogens with one attached hydrogen (secondary N) is 1. The molecule has 1 heterocycles. The van der Waals surface area contributed by atoms with Crippen LogP contribution in [0.4, 0.5) is 11.4 Å². The normalized spacial score (nSPS) is 12.3. The number of carbonyl (C=O) groups is 3. The molecule has 146 valence electrons. The van der Waals surface area contributed by atoms with Gasteiger partial charge in [-0.15, -0.1) is 0 Å². The zero-order chi connectivity index (χ0) is 20.3. The summed E-state index contributed by atoms with van der Waals surface area (Å²) in [7, 11) is 1.43. The van der Waals surface area contributed by atoms with Crippen LogP contribution in [0.25, 0.3) is 0 Å². The standard InChI is InChI=1S/C20H21N3O5/c1-12(24)23-9-8-13-10-14(6-7-16(13)23)22-18(25)11-28-19-15(20(21)26)4-3-5-17(19)27-2/h3-7,10H,8-9,11H2,1-2H3,(H2,21,26)(H,22,25). The lowest BCUT2D eigenvalue weighted by Gasteiger charge is -2.15. The van der Waals surface area contributed by atoms with Crippen LogP contribution in [0.3, 0.4) is 0 Å². The van der Waals surface area contributed by atoms with E-state index in [1.807, 2.05) is 12.1 Å². The van der Waals surface area contributed by atoms with Crippen LogP contribution in [0.15, 0.2) is 36.4 Å². The number of hydrogen-bond donors (Lipinski definition) is 2. The molecule has 3 rings (SSSR count). The molecule has 0 saturated heterocycles. The Labute approximate surface area is 162 Å². The number of ether oxygens (including phenoxy) is 2. The Morgan fingerprint density at radius 1 is 1.21 bits per heavy atom. The highest BCUT2D eigenvalue weighted by Gasteiger charge is 2.22. The molecule has 0 spiro atoms. The Kier molecular flexibility index (Phi) is 5.49. The summed E-state index contributed by atoms with van der Waals surface area (Å²) in [6, 6.07) is 10.1. The third kappa shape index (κ3) is 3.90. The minimum absolute atomic E-state index is 0.00833. The number of rotatable bonds is 6. The van der Waals surface area contributed by atoms with Gasteiger partial charge >= 0.3 is 0 Å². The summed E-state index contributed by atoms with van der Waals surface area (Å²) in [5.41, 5.74) is 7.95. The Morgan fingerprint density at radius 3 is 2.68 bits per heavy atom. The van der Waals surface area contributed by atoms with E-state index in [-0.39, 0.29) is 23.8 Å². The molecular weight excluding hydrogens is 362 g/mol. The number of hydrogen-bond acceptors (Lipinski definition) is 5. The van der Waals surface area contributed by atoms with Crippen molar-refractivity contribution in [3.8, 4) is 11.5 Å². The van der Waals surface area contributed by atoms with Crippen molar-refractivity contribution < 1.29 is 23.9 Å². The van der Waals surface area contributed by atoms with E-state index in [1.165, 1.54) is 20.1 Å². The van der Waals surface area contributed by atoms with Crippen molar-refractivity contribution in [2.45, 2.75) is 13.3 Å². The molecule has 0 atom stereocenters. The predicted molar refractivity (Wildman–Crippen MR) is 104 cm³/mol. The molecule has 8 nitrogen and oxygen atoms in total. The zero-order valence-electron chi connectivity index (χ0n) is 15.7. The molecule has 0 aromatic heterocycles. The fourth-order valence-corrected chi connectivity index (χ4v) is 3.16. The lowest BCUT2D eigenvalue weighted by Crippen LogP contribution is -2.25. The highest BCUT2D eigenvalue weighted by molar-refractivity contribution is 5.97. The Morgan fingerprint density at radius 2 is 2.00 bits per heavy atom. The van der Waals surface area contributed by atoms with E-state index in [2.05, 4.69) is 5.32 Å². The Hall–Kier alpha value is -3.55. The molecule has 0 unspecified atom stereocenters. The average Bonchev–Trinajstić information content (AvgIpc) is 3.09. The maximum absolute atomic E-state index is 12.3. The van der Waals surface area contributed by atoms with E-state index < -0.39 is 11.8 Å². The number of primary amides is 1. The second-order valence-electron chi connectivity index (χ2n) is 6.30. The van der Waals surface area contributed by atoms with Crippen LogP contribution in [0, 0.1) is 0 Å². The molecule has 2 aromatic carbocycles. The smallest absolute Gasteiger partial charge is 0.262 e. The number of nitrogens with two attached hydrogens (primary N) is 1. The quantitative estimate of drug-likeness (QED) is 0.789. The SMILES string of the molecule is COc1cccc(C(N)=O)c1OCC(=O)Nc1ccc2c(c1)CCN2C(C)=O. The second kappa shape index (κ2) is 7.99. The number of carbonyl (C=O) groups excluding carboxylic acids is 3. The molecule has 8 heteroatoms. The third-order valence-corrected chi connectivity index (χ3v) is 4.45. The molecule has 3 N–H and O–H groups in total. The second-order valence-corrected chi connectivity index (χ2v) is 6.30. The van der Waals surface area contributed by atoms with Crippen LogP contribution in [-0.2, 0) is 16.0 Å². The molecule has 28 heavy (non-hydrogen) atoms. The summed E-state index contributed by atoms with van der Waals surface area (Å²) in [5, 5.41) is 2.75. The summed E-state index contributed by atoms with van der Waals surface area (Å²) in [6.45, 7) is 1.84. The van der Waals surface area contributed by atoms with Crippen molar-refractivity contribution in [1.29, 1.82) is 0 Å². The number of fused-ring (bicyclic) bond motifs is 1. The van der Waals surface area contributed by atoms with Crippen LogP contribution >= 0.6 is 0 Å². The number of anilines is 2. The van der Waals surface area contributed by atoms with E-state index in [9.17, 15) is 14.4 Å². The number of benzene rings is 2. The van der Waals surface area contributed by atoms with E-state index in [0.29, 0.717) is 18.0 Å². The topological polar surface area (TPSA) is 111 Å². The van der Waals surface area contributed by atoms with E-state index in [1.54, 1.807) is 23.1 Å². The molecule has 0 saturated carbocycles. The van der Waals surface area contributed by atoms with Gasteiger partial charge in [-0.1, -0.05) is 6.07 Å². The predicted octanol–water partition coefficient (Wildman–Crippen LogP) is 1.72. The van der Waals surface area contributed by atoms with Gasteiger partial charge in [-0.3, -0.25) is 14.4 Å². The summed E-state index contributed by atoms with van der Waals surface area (Å²) in [6.07, 6.45) is 0.734. The summed E-state index contributed by atoms with van der Waals surface area (Å²) in [5.74, 6) is -0.652. The highest BCUT2D eigenvalue weighted by atomic mass is 16.5. The maximum Gasteiger partial charge on any atom is 0.262 e. The summed E-state index contributed by atoms with van der Waals surface area (Å²) in [4.78, 5) is 37.2. The van der Waals surface area contributed by atoms with Crippen LogP contribution in [-0.4, -0.2) is 38.0 Å². The molecular formula is C20H21N3O5. The van der Waals surface area contributed by atoms with Crippen LogP contribution in [0.1, 0.15) is 22.8 Å². The summed E-state index contributed by atoms with van der Waals surface area (Å²) >= 11 is 0. The zero-order valence-corrected chi connectivity index (χ0v) is 15.7. The molecule has 0 bridgehead atoms. The van der Waals surface area contributed by atoms with Crippen LogP contribution < -0.4 is 25.4 Å². The minimum atomic E-state index is -0.678. The van der Waals surface area contributed by atoms with Crippen molar-refractivity contribution in [1.82, 2.24) is 0 Å². The van der Waals surface area contributed by atoms with Gasteiger partial charge in [-0.2, -0.15) is 0 Å². The first kappa shape index (κ1) is 19.2. The molecule has 3 amide bonds. The van der Waals surface area contributed by atoms with Crippen molar-refractivity contribution in [3.63, 3.8) is 0 Å². The molecule has 0 radical (unpaired) electrons. The first-order valence-electron chi connectivity index (χ1n) is 8.71. The lowest BCUT2D eigenvalue weighted by atomic mass is 10.1. The van der Waals surface area contributed by atoms with E-state index in [4.69, 9.17) is 15.2 Å².